The Balaban J connectivity index is 1.75. The van der Waals surface area contributed by atoms with Crippen molar-refractivity contribution in [3.63, 3.8) is 0 Å². The summed E-state index contributed by atoms with van der Waals surface area (Å²) in [4.78, 5) is 0. The van der Waals surface area contributed by atoms with Gasteiger partial charge in [-0.1, -0.05) is 25.1 Å². The molecule has 0 spiro atoms. The van der Waals surface area contributed by atoms with E-state index in [2.05, 4.69) is 18.3 Å². The molecule has 112 valence electrons. The van der Waals surface area contributed by atoms with Gasteiger partial charge in [0.25, 0.3) is 0 Å². The predicted octanol–water partition coefficient (Wildman–Crippen LogP) is 3.39. The molecule has 0 atom stereocenters. The van der Waals surface area contributed by atoms with Crippen molar-refractivity contribution < 1.29 is 13.9 Å². The third-order valence-electron chi connectivity index (χ3n) is 2.89. The Labute approximate surface area is 124 Å². The zero-order valence-corrected chi connectivity index (χ0v) is 12.1. The molecule has 0 aromatic heterocycles. The Morgan fingerprint density at radius 2 is 1.62 bits per heavy atom. The van der Waals surface area contributed by atoms with Crippen LogP contribution in [0, 0.1) is 5.82 Å². The molecule has 2 aromatic rings. The second-order valence-electron chi connectivity index (χ2n) is 4.58. The van der Waals surface area contributed by atoms with Gasteiger partial charge in [0.15, 0.2) is 0 Å². The van der Waals surface area contributed by atoms with Crippen molar-refractivity contribution in [2.24, 2.45) is 0 Å². The van der Waals surface area contributed by atoms with Crippen LogP contribution < -0.4 is 14.8 Å². The Bertz CT molecular complexity index is 560. The van der Waals surface area contributed by atoms with E-state index in [0.29, 0.717) is 19.0 Å². The smallest absolute Gasteiger partial charge is 0.126 e. The van der Waals surface area contributed by atoms with Gasteiger partial charge < -0.3 is 14.8 Å². The molecule has 4 heteroatoms. The van der Waals surface area contributed by atoms with Crippen LogP contribution in [0.5, 0.6) is 11.5 Å². The van der Waals surface area contributed by atoms with Gasteiger partial charge in [-0.2, -0.15) is 0 Å². The van der Waals surface area contributed by atoms with E-state index in [1.54, 1.807) is 12.1 Å². The molecule has 2 aromatic carbocycles. The highest BCUT2D eigenvalue weighted by molar-refractivity contribution is 5.28. The van der Waals surface area contributed by atoms with Gasteiger partial charge in [-0.25, -0.2) is 4.39 Å². The zero-order valence-electron chi connectivity index (χ0n) is 12.1. The van der Waals surface area contributed by atoms with Gasteiger partial charge in [-0.15, -0.1) is 0 Å². The minimum absolute atomic E-state index is 0.301. The van der Waals surface area contributed by atoms with Crippen LogP contribution in [0.15, 0.2) is 48.5 Å². The average molecular weight is 289 g/mol. The summed E-state index contributed by atoms with van der Waals surface area (Å²) >= 11 is 0. The van der Waals surface area contributed by atoms with E-state index in [1.165, 1.54) is 17.7 Å². The van der Waals surface area contributed by atoms with E-state index in [-0.39, 0.29) is 5.82 Å². The molecule has 3 nitrogen and oxygen atoms in total. The van der Waals surface area contributed by atoms with Crippen LogP contribution in [-0.4, -0.2) is 19.8 Å². The summed E-state index contributed by atoms with van der Waals surface area (Å²) in [5.41, 5.74) is 1.18. The van der Waals surface area contributed by atoms with Crippen LogP contribution in [0.1, 0.15) is 12.5 Å². The van der Waals surface area contributed by atoms with E-state index in [9.17, 15) is 4.39 Å². The van der Waals surface area contributed by atoms with Crippen molar-refractivity contribution in [3.05, 3.63) is 59.9 Å². The molecule has 0 saturated heterocycles. The van der Waals surface area contributed by atoms with Crippen molar-refractivity contribution in [3.8, 4) is 11.5 Å². The van der Waals surface area contributed by atoms with Crippen molar-refractivity contribution in [1.82, 2.24) is 5.32 Å². The van der Waals surface area contributed by atoms with Crippen LogP contribution >= 0.6 is 0 Å². The second-order valence-corrected chi connectivity index (χ2v) is 4.58. The molecule has 0 saturated carbocycles. The van der Waals surface area contributed by atoms with Gasteiger partial charge in [-0.05, 0) is 36.4 Å². The summed E-state index contributed by atoms with van der Waals surface area (Å²) in [6, 6.07) is 14.0. The number of hydrogen-bond donors (Lipinski definition) is 1. The van der Waals surface area contributed by atoms with E-state index in [0.717, 1.165) is 18.8 Å². The first-order valence-corrected chi connectivity index (χ1v) is 7.09. The minimum Gasteiger partial charge on any atom is -0.490 e. The molecule has 0 amide bonds. The van der Waals surface area contributed by atoms with Crippen LogP contribution in [0.2, 0.25) is 0 Å². The normalized spacial score (nSPS) is 10.4. The lowest BCUT2D eigenvalue weighted by Gasteiger charge is -2.10. The largest absolute Gasteiger partial charge is 0.490 e. The maximum Gasteiger partial charge on any atom is 0.126 e. The maximum absolute atomic E-state index is 13.0. The van der Waals surface area contributed by atoms with Crippen LogP contribution in [0.3, 0.4) is 0 Å². The Morgan fingerprint density at radius 3 is 2.29 bits per heavy atom. The number of halogens is 1. The van der Waals surface area contributed by atoms with Crippen molar-refractivity contribution >= 4 is 0 Å². The molecular weight excluding hydrogens is 269 g/mol. The molecule has 0 aliphatic heterocycles. The maximum atomic E-state index is 13.0. The highest BCUT2D eigenvalue weighted by atomic mass is 19.1. The molecule has 0 aliphatic carbocycles. The van der Waals surface area contributed by atoms with E-state index < -0.39 is 0 Å². The van der Waals surface area contributed by atoms with E-state index >= 15 is 0 Å². The first-order valence-electron chi connectivity index (χ1n) is 7.09. The third-order valence-corrected chi connectivity index (χ3v) is 2.89. The fourth-order valence-corrected chi connectivity index (χ4v) is 1.89. The zero-order chi connectivity index (χ0) is 14.9. The first kappa shape index (κ1) is 15.3. The fourth-order valence-electron chi connectivity index (χ4n) is 1.89. The molecule has 0 aliphatic rings. The lowest BCUT2D eigenvalue weighted by molar-refractivity contribution is 0.216. The standard InChI is InChI=1S/C17H20FNO2/c1-2-19-13-14-5-3-7-16(11-14)20-9-10-21-17-8-4-6-15(18)12-17/h3-8,11-12,19H,2,9-10,13H2,1H3. The monoisotopic (exact) mass is 289 g/mol. The topological polar surface area (TPSA) is 30.5 Å². The molecule has 21 heavy (non-hydrogen) atoms. The average Bonchev–Trinajstić information content (AvgIpc) is 2.50. The lowest BCUT2D eigenvalue weighted by atomic mass is 10.2. The number of nitrogens with one attached hydrogen (secondary N) is 1. The van der Waals surface area contributed by atoms with Gasteiger partial charge in [0, 0.05) is 12.6 Å². The van der Waals surface area contributed by atoms with Gasteiger partial charge in [0.1, 0.15) is 30.5 Å². The van der Waals surface area contributed by atoms with Crippen molar-refractivity contribution in [1.29, 1.82) is 0 Å². The van der Waals surface area contributed by atoms with Gasteiger partial charge in [-0.3, -0.25) is 0 Å². The molecule has 0 heterocycles. The highest BCUT2D eigenvalue weighted by Gasteiger charge is 1.99. The third kappa shape index (κ3) is 5.44. The van der Waals surface area contributed by atoms with Crippen LogP contribution in [0.4, 0.5) is 4.39 Å². The SMILES string of the molecule is CCNCc1cccc(OCCOc2cccc(F)c2)c1. The quantitative estimate of drug-likeness (QED) is 0.756. The summed E-state index contributed by atoms with van der Waals surface area (Å²) in [6.45, 7) is 4.63. The summed E-state index contributed by atoms with van der Waals surface area (Å²) < 4.78 is 24.0. The lowest BCUT2D eigenvalue weighted by Crippen LogP contribution is -2.12. The van der Waals surface area contributed by atoms with Gasteiger partial charge in [0.2, 0.25) is 0 Å². The molecule has 0 unspecified atom stereocenters. The second kappa shape index (κ2) is 8.27. The van der Waals surface area contributed by atoms with E-state index in [4.69, 9.17) is 9.47 Å². The number of ether oxygens (including phenoxy) is 2. The molecule has 0 fully saturated rings. The minimum atomic E-state index is -0.301. The number of rotatable bonds is 8. The van der Waals surface area contributed by atoms with E-state index in [1.807, 2.05) is 18.2 Å². The highest BCUT2D eigenvalue weighted by Crippen LogP contribution is 2.14. The number of benzene rings is 2. The fraction of sp³-hybridized carbons (Fsp3) is 0.294. The molecule has 1 N–H and O–H groups in total. The van der Waals surface area contributed by atoms with Crippen LogP contribution in [-0.2, 0) is 6.54 Å². The molecule has 0 bridgehead atoms. The summed E-state index contributed by atoms with van der Waals surface area (Å²) in [6.07, 6.45) is 0. The molecule has 0 radical (unpaired) electrons. The van der Waals surface area contributed by atoms with Gasteiger partial charge >= 0.3 is 0 Å². The Hall–Kier alpha value is -2.07. The van der Waals surface area contributed by atoms with Crippen molar-refractivity contribution in [2.75, 3.05) is 19.8 Å². The molecular formula is C17H20FNO2. The summed E-state index contributed by atoms with van der Waals surface area (Å²) in [5, 5.41) is 3.27. The predicted molar refractivity (Wildman–Crippen MR) is 81.2 cm³/mol. The summed E-state index contributed by atoms with van der Waals surface area (Å²) in [5.74, 6) is 1.03. The first-order chi connectivity index (χ1) is 10.3. The summed E-state index contributed by atoms with van der Waals surface area (Å²) in [7, 11) is 0. The van der Waals surface area contributed by atoms with Gasteiger partial charge in [0.05, 0.1) is 0 Å². The number of hydrogen-bond acceptors (Lipinski definition) is 3. The Morgan fingerprint density at radius 1 is 0.952 bits per heavy atom. The molecule has 2 rings (SSSR count). The van der Waals surface area contributed by atoms with Crippen LogP contribution in [0.25, 0.3) is 0 Å². The van der Waals surface area contributed by atoms with Crippen molar-refractivity contribution in [2.45, 2.75) is 13.5 Å². The Kier molecular flexibility index (Phi) is 6.03.